The summed E-state index contributed by atoms with van der Waals surface area (Å²) in [5.41, 5.74) is 1.24. The molecule has 19 heavy (non-hydrogen) atoms. The van der Waals surface area contributed by atoms with Crippen LogP contribution in [0, 0.1) is 22.5 Å². The van der Waals surface area contributed by atoms with Crippen molar-refractivity contribution >= 4 is 0 Å². The van der Waals surface area contributed by atoms with Crippen LogP contribution in [0.15, 0.2) is 30.3 Å². The van der Waals surface area contributed by atoms with E-state index < -0.39 is 0 Å². The molecule has 1 rings (SSSR count). The molecular weight excluding hydrogens is 242 g/mol. The van der Waals surface area contributed by atoms with Gasteiger partial charge in [0.15, 0.2) is 0 Å². The lowest BCUT2D eigenvalue weighted by Gasteiger charge is -2.13. The van der Waals surface area contributed by atoms with E-state index in [1.54, 1.807) is 0 Å². The van der Waals surface area contributed by atoms with Crippen LogP contribution < -0.4 is 0 Å². The molecule has 4 heteroatoms. The monoisotopic (exact) mass is 261 g/mol. The van der Waals surface area contributed by atoms with E-state index in [0.29, 0.717) is 19.4 Å². The largest absolute Gasteiger partial charge is 0.370 e. The van der Waals surface area contributed by atoms with Crippen molar-refractivity contribution in [3.8, 4) is 12.3 Å². The van der Waals surface area contributed by atoms with Crippen LogP contribution in [0.1, 0.15) is 24.8 Å². The molecule has 4 nitrogen and oxygen atoms in total. The standard InChI is InChI=1S/C15H19NO3/c1-2-3-12-19-15(13-16(17)18)11-7-10-14-8-5-4-6-9-14/h1,4-6,8-9,15H,3,7,10-13H2/t15-/m1/s1. The summed E-state index contributed by atoms with van der Waals surface area (Å²) < 4.78 is 5.45. The lowest BCUT2D eigenvalue weighted by atomic mass is 10.1. The maximum absolute atomic E-state index is 10.6. The van der Waals surface area contributed by atoms with Gasteiger partial charge in [0.2, 0.25) is 6.54 Å². The highest BCUT2D eigenvalue weighted by Gasteiger charge is 2.15. The summed E-state index contributed by atoms with van der Waals surface area (Å²) in [5.74, 6) is 2.46. The Bertz CT molecular complexity index is 411. The predicted octanol–water partition coefficient (Wildman–Crippen LogP) is 2.69. The van der Waals surface area contributed by atoms with Crippen LogP contribution in [-0.4, -0.2) is 24.2 Å². The Kier molecular flexibility index (Phi) is 7.30. The van der Waals surface area contributed by atoms with Gasteiger partial charge in [-0.15, -0.1) is 12.3 Å². The molecule has 0 unspecified atom stereocenters. The topological polar surface area (TPSA) is 52.4 Å². The van der Waals surface area contributed by atoms with E-state index >= 15 is 0 Å². The number of rotatable bonds is 9. The third kappa shape index (κ3) is 7.22. The van der Waals surface area contributed by atoms with Gasteiger partial charge in [-0.1, -0.05) is 30.3 Å². The molecule has 0 aliphatic carbocycles. The van der Waals surface area contributed by atoms with E-state index in [4.69, 9.17) is 11.2 Å². The summed E-state index contributed by atoms with van der Waals surface area (Å²) in [6, 6.07) is 10.1. The summed E-state index contributed by atoms with van der Waals surface area (Å²) in [4.78, 5) is 10.2. The minimum absolute atomic E-state index is 0.153. The van der Waals surface area contributed by atoms with Crippen LogP contribution >= 0.6 is 0 Å². The molecule has 0 saturated heterocycles. The van der Waals surface area contributed by atoms with Crippen LogP contribution in [0.4, 0.5) is 0 Å². The Hall–Kier alpha value is -1.86. The summed E-state index contributed by atoms with van der Waals surface area (Å²) in [7, 11) is 0. The third-order valence-electron chi connectivity index (χ3n) is 2.79. The first-order valence-electron chi connectivity index (χ1n) is 6.43. The average Bonchev–Trinajstić information content (AvgIpc) is 2.39. The molecular formula is C15H19NO3. The number of hydrogen-bond donors (Lipinski definition) is 0. The Balaban J connectivity index is 2.31. The lowest BCUT2D eigenvalue weighted by molar-refractivity contribution is -0.491. The molecule has 0 saturated carbocycles. The van der Waals surface area contributed by atoms with Gasteiger partial charge in [0, 0.05) is 11.3 Å². The Morgan fingerprint density at radius 3 is 2.74 bits per heavy atom. The molecule has 0 amide bonds. The fraction of sp³-hybridized carbons (Fsp3) is 0.467. The molecule has 1 aromatic rings. The van der Waals surface area contributed by atoms with E-state index in [9.17, 15) is 10.1 Å². The third-order valence-corrected chi connectivity index (χ3v) is 2.79. The molecule has 1 aromatic carbocycles. The molecule has 0 spiro atoms. The molecule has 0 N–H and O–H groups in total. The van der Waals surface area contributed by atoms with E-state index in [1.165, 1.54) is 5.56 Å². The van der Waals surface area contributed by atoms with Crippen LogP contribution in [-0.2, 0) is 11.2 Å². The zero-order valence-corrected chi connectivity index (χ0v) is 11.0. The summed E-state index contributed by atoms with van der Waals surface area (Å²) in [6.45, 7) is 0.236. The number of ether oxygens (including phenoxy) is 1. The maximum Gasteiger partial charge on any atom is 0.229 e. The summed E-state index contributed by atoms with van der Waals surface area (Å²) >= 11 is 0. The summed E-state index contributed by atoms with van der Waals surface area (Å²) in [5, 5.41) is 10.6. The molecule has 0 aliphatic heterocycles. The van der Waals surface area contributed by atoms with E-state index in [1.807, 2.05) is 18.2 Å². The van der Waals surface area contributed by atoms with Crippen LogP contribution in [0.25, 0.3) is 0 Å². The average molecular weight is 261 g/mol. The maximum atomic E-state index is 10.6. The Morgan fingerprint density at radius 2 is 2.11 bits per heavy atom. The molecule has 0 heterocycles. The van der Waals surface area contributed by atoms with Gasteiger partial charge >= 0.3 is 0 Å². The zero-order chi connectivity index (χ0) is 13.9. The fourth-order valence-electron chi connectivity index (χ4n) is 1.86. The molecule has 0 aliphatic rings. The van der Waals surface area contributed by atoms with Crippen molar-refractivity contribution in [2.24, 2.45) is 0 Å². The smallest absolute Gasteiger partial charge is 0.229 e. The quantitative estimate of drug-likeness (QED) is 0.297. The van der Waals surface area contributed by atoms with Gasteiger partial charge in [-0.25, -0.2) is 0 Å². The Labute approximate surface area is 113 Å². The number of terminal acetylenes is 1. The Morgan fingerprint density at radius 1 is 1.37 bits per heavy atom. The second-order valence-electron chi connectivity index (χ2n) is 4.34. The van der Waals surface area contributed by atoms with Crippen LogP contribution in [0.3, 0.4) is 0 Å². The van der Waals surface area contributed by atoms with Gasteiger partial charge in [0.05, 0.1) is 6.61 Å². The van der Waals surface area contributed by atoms with E-state index in [2.05, 4.69) is 18.1 Å². The molecule has 0 fully saturated rings. The SMILES string of the molecule is C#CCCO[C@H](CCCc1ccccc1)C[N+](=O)[O-]. The highest BCUT2D eigenvalue weighted by atomic mass is 16.6. The van der Waals surface area contributed by atoms with Crippen LogP contribution in [0.5, 0.6) is 0 Å². The van der Waals surface area contributed by atoms with E-state index in [0.717, 1.165) is 12.8 Å². The van der Waals surface area contributed by atoms with Crippen molar-refractivity contribution in [2.45, 2.75) is 31.8 Å². The van der Waals surface area contributed by atoms with Crippen molar-refractivity contribution in [2.75, 3.05) is 13.2 Å². The van der Waals surface area contributed by atoms with Gasteiger partial charge in [-0.2, -0.15) is 0 Å². The number of hydrogen-bond acceptors (Lipinski definition) is 3. The number of nitro groups is 1. The van der Waals surface area contributed by atoms with Crippen molar-refractivity contribution in [3.63, 3.8) is 0 Å². The van der Waals surface area contributed by atoms with Crippen LogP contribution in [0.2, 0.25) is 0 Å². The molecule has 0 radical (unpaired) electrons. The molecule has 0 aromatic heterocycles. The number of aryl methyl sites for hydroxylation is 1. The highest BCUT2D eigenvalue weighted by molar-refractivity contribution is 5.14. The molecule has 0 bridgehead atoms. The molecule has 1 atom stereocenters. The summed E-state index contributed by atoms with van der Waals surface area (Å²) in [6.07, 6.45) is 7.75. The van der Waals surface area contributed by atoms with Gasteiger partial charge in [-0.3, -0.25) is 10.1 Å². The van der Waals surface area contributed by atoms with Crippen molar-refractivity contribution < 1.29 is 9.66 Å². The predicted molar refractivity (Wildman–Crippen MR) is 74.4 cm³/mol. The van der Waals surface area contributed by atoms with Crippen molar-refractivity contribution in [3.05, 3.63) is 46.0 Å². The van der Waals surface area contributed by atoms with E-state index in [-0.39, 0.29) is 17.6 Å². The normalized spacial score (nSPS) is 11.7. The zero-order valence-electron chi connectivity index (χ0n) is 11.0. The number of nitrogens with zero attached hydrogens (tertiary/aromatic N) is 1. The number of benzene rings is 1. The first-order valence-corrected chi connectivity index (χ1v) is 6.43. The fourth-order valence-corrected chi connectivity index (χ4v) is 1.86. The van der Waals surface area contributed by atoms with Gasteiger partial charge in [-0.05, 0) is 24.8 Å². The van der Waals surface area contributed by atoms with Gasteiger partial charge in [0.1, 0.15) is 6.10 Å². The second-order valence-corrected chi connectivity index (χ2v) is 4.34. The van der Waals surface area contributed by atoms with Crippen molar-refractivity contribution in [1.82, 2.24) is 0 Å². The highest BCUT2D eigenvalue weighted by Crippen LogP contribution is 2.09. The lowest BCUT2D eigenvalue weighted by Crippen LogP contribution is -2.24. The second kappa shape index (κ2) is 9.12. The minimum Gasteiger partial charge on any atom is -0.370 e. The molecule has 102 valence electrons. The van der Waals surface area contributed by atoms with Gasteiger partial charge < -0.3 is 4.74 Å². The first kappa shape index (κ1) is 15.2. The van der Waals surface area contributed by atoms with Crippen molar-refractivity contribution in [1.29, 1.82) is 0 Å². The van der Waals surface area contributed by atoms with Gasteiger partial charge in [0.25, 0.3) is 0 Å². The minimum atomic E-state index is -0.341. The first-order chi connectivity index (χ1) is 9.22.